The molecule has 2 rings (SSSR count). The van der Waals surface area contributed by atoms with Crippen LogP contribution >= 0.6 is 0 Å². The highest BCUT2D eigenvalue weighted by Gasteiger charge is 2.38. The van der Waals surface area contributed by atoms with E-state index in [1.165, 1.54) is 12.8 Å². The van der Waals surface area contributed by atoms with E-state index in [2.05, 4.69) is 24.1 Å². The molecule has 3 unspecified atom stereocenters. The zero-order valence-corrected chi connectivity index (χ0v) is 11.6. The summed E-state index contributed by atoms with van der Waals surface area (Å²) in [6, 6.07) is 0. The van der Waals surface area contributed by atoms with Crippen molar-refractivity contribution < 1.29 is 9.90 Å². The van der Waals surface area contributed by atoms with Crippen LogP contribution in [0.15, 0.2) is 0 Å². The molecular formula is C14H26N2O2. The van der Waals surface area contributed by atoms with Crippen molar-refractivity contribution in [3.63, 3.8) is 0 Å². The molecule has 1 aliphatic carbocycles. The Kier molecular flexibility index (Phi) is 4.62. The van der Waals surface area contributed by atoms with Crippen LogP contribution in [0.25, 0.3) is 0 Å². The molecule has 1 aliphatic heterocycles. The van der Waals surface area contributed by atoms with Gasteiger partial charge < -0.3 is 15.3 Å². The third-order valence-corrected chi connectivity index (χ3v) is 4.30. The Morgan fingerprint density at radius 2 is 2.00 bits per heavy atom. The van der Waals surface area contributed by atoms with Crippen molar-refractivity contribution in [1.29, 1.82) is 0 Å². The Balaban J connectivity index is 1.60. The molecule has 104 valence electrons. The van der Waals surface area contributed by atoms with Gasteiger partial charge in [0.1, 0.15) is 0 Å². The van der Waals surface area contributed by atoms with E-state index >= 15 is 0 Å². The summed E-state index contributed by atoms with van der Waals surface area (Å²) in [4.78, 5) is 13.9. The molecule has 1 saturated carbocycles. The van der Waals surface area contributed by atoms with Crippen molar-refractivity contribution in [2.24, 2.45) is 17.8 Å². The van der Waals surface area contributed by atoms with Gasteiger partial charge in [-0.05, 0) is 44.2 Å². The van der Waals surface area contributed by atoms with Crippen molar-refractivity contribution in [2.45, 2.75) is 39.2 Å². The number of amides is 1. The van der Waals surface area contributed by atoms with Crippen molar-refractivity contribution in [3.05, 3.63) is 0 Å². The van der Waals surface area contributed by atoms with Crippen molar-refractivity contribution in [2.75, 3.05) is 26.2 Å². The van der Waals surface area contributed by atoms with Crippen LogP contribution in [0.2, 0.25) is 0 Å². The van der Waals surface area contributed by atoms with E-state index in [1.54, 1.807) is 0 Å². The Labute approximate surface area is 110 Å². The molecule has 0 bridgehead atoms. The van der Waals surface area contributed by atoms with Crippen LogP contribution in [0.1, 0.15) is 33.1 Å². The Bertz CT molecular complexity index is 288. The number of rotatable bonds is 5. The van der Waals surface area contributed by atoms with Gasteiger partial charge in [-0.1, -0.05) is 13.8 Å². The third-order valence-electron chi connectivity index (χ3n) is 4.30. The van der Waals surface area contributed by atoms with Crippen LogP contribution in [-0.2, 0) is 4.79 Å². The maximum absolute atomic E-state index is 11.6. The molecule has 0 aromatic heterocycles. The summed E-state index contributed by atoms with van der Waals surface area (Å²) in [6.45, 7) is 7.61. The third kappa shape index (κ3) is 3.95. The van der Waals surface area contributed by atoms with Crippen LogP contribution < -0.4 is 5.32 Å². The van der Waals surface area contributed by atoms with E-state index in [1.807, 2.05) is 0 Å². The largest absolute Gasteiger partial charge is 0.390 e. The lowest BCUT2D eigenvalue weighted by molar-refractivity contribution is -0.123. The van der Waals surface area contributed by atoms with Crippen LogP contribution in [0.3, 0.4) is 0 Å². The molecule has 4 nitrogen and oxygen atoms in total. The fourth-order valence-corrected chi connectivity index (χ4v) is 2.64. The highest BCUT2D eigenvalue weighted by atomic mass is 16.3. The highest BCUT2D eigenvalue weighted by molar-refractivity contribution is 5.81. The Morgan fingerprint density at radius 3 is 2.56 bits per heavy atom. The van der Waals surface area contributed by atoms with Crippen molar-refractivity contribution >= 4 is 5.91 Å². The average Bonchev–Trinajstić information content (AvgIpc) is 3.06. The van der Waals surface area contributed by atoms with Crippen LogP contribution in [0, 0.1) is 17.8 Å². The first kappa shape index (κ1) is 13.8. The molecule has 3 atom stereocenters. The van der Waals surface area contributed by atoms with Crippen LogP contribution in [0.4, 0.5) is 0 Å². The van der Waals surface area contributed by atoms with Gasteiger partial charge >= 0.3 is 0 Å². The lowest BCUT2D eigenvalue weighted by Gasteiger charge is -2.31. The van der Waals surface area contributed by atoms with Gasteiger partial charge in [0.2, 0.25) is 5.91 Å². The van der Waals surface area contributed by atoms with E-state index in [0.29, 0.717) is 19.0 Å². The summed E-state index contributed by atoms with van der Waals surface area (Å²) < 4.78 is 0. The van der Waals surface area contributed by atoms with Crippen LogP contribution in [0.5, 0.6) is 0 Å². The highest BCUT2D eigenvalue weighted by Crippen LogP contribution is 2.37. The summed E-state index contributed by atoms with van der Waals surface area (Å²) >= 11 is 0. The number of carbonyl (C=O) groups excluding carboxylic acids is 1. The molecule has 18 heavy (non-hydrogen) atoms. The number of nitrogens with zero attached hydrogens (tertiary/aromatic N) is 1. The molecular weight excluding hydrogens is 228 g/mol. The summed E-state index contributed by atoms with van der Waals surface area (Å²) in [5, 5.41) is 12.8. The Hall–Kier alpha value is -0.610. The number of likely N-dealkylation sites (tertiary alicyclic amines) is 1. The molecule has 2 aliphatic rings. The minimum atomic E-state index is -0.434. The summed E-state index contributed by atoms with van der Waals surface area (Å²) in [6.07, 6.45) is 3.01. The first-order valence-electron chi connectivity index (χ1n) is 7.24. The summed E-state index contributed by atoms with van der Waals surface area (Å²) in [5.74, 6) is 1.67. The fourth-order valence-electron chi connectivity index (χ4n) is 2.64. The van der Waals surface area contributed by atoms with Gasteiger partial charge in [-0.3, -0.25) is 4.79 Å². The zero-order chi connectivity index (χ0) is 13.1. The standard InChI is InChI=1S/C14H26N2O2/c1-10-3-5-16(6-4-10)9-12(17)8-15-14(18)13-7-11(13)2/h10-13,17H,3-9H2,1-2H3,(H,15,18). The van der Waals surface area contributed by atoms with Gasteiger partial charge in [-0.2, -0.15) is 0 Å². The van der Waals surface area contributed by atoms with E-state index in [-0.39, 0.29) is 11.8 Å². The summed E-state index contributed by atoms with van der Waals surface area (Å²) in [5.41, 5.74) is 0. The minimum absolute atomic E-state index is 0.119. The molecule has 2 N–H and O–H groups in total. The molecule has 0 radical (unpaired) electrons. The van der Waals surface area contributed by atoms with E-state index < -0.39 is 6.10 Å². The van der Waals surface area contributed by atoms with Gasteiger partial charge in [0.05, 0.1) is 6.10 Å². The average molecular weight is 254 g/mol. The second-order valence-corrected chi connectivity index (χ2v) is 6.20. The number of aliphatic hydroxyl groups is 1. The predicted octanol–water partition coefficient (Wildman–Crippen LogP) is 0.851. The normalized spacial score (nSPS) is 31.1. The number of hydrogen-bond donors (Lipinski definition) is 2. The lowest BCUT2D eigenvalue weighted by Crippen LogP contribution is -2.43. The maximum atomic E-state index is 11.6. The number of aliphatic hydroxyl groups excluding tert-OH is 1. The van der Waals surface area contributed by atoms with E-state index in [4.69, 9.17) is 0 Å². The van der Waals surface area contributed by atoms with Gasteiger partial charge in [-0.15, -0.1) is 0 Å². The molecule has 0 aromatic rings. The van der Waals surface area contributed by atoms with E-state index in [0.717, 1.165) is 25.4 Å². The summed E-state index contributed by atoms with van der Waals surface area (Å²) in [7, 11) is 0. The SMILES string of the molecule is CC1CCN(CC(O)CNC(=O)C2CC2C)CC1. The first-order valence-corrected chi connectivity index (χ1v) is 7.24. The molecule has 0 aromatic carbocycles. The smallest absolute Gasteiger partial charge is 0.223 e. The Morgan fingerprint density at radius 1 is 1.39 bits per heavy atom. The van der Waals surface area contributed by atoms with Crippen molar-refractivity contribution in [3.8, 4) is 0 Å². The van der Waals surface area contributed by atoms with Gasteiger partial charge in [-0.25, -0.2) is 0 Å². The quantitative estimate of drug-likeness (QED) is 0.765. The molecule has 1 saturated heterocycles. The number of carbonyl (C=O) groups is 1. The second-order valence-electron chi connectivity index (χ2n) is 6.20. The fraction of sp³-hybridized carbons (Fsp3) is 0.929. The van der Waals surface area contributed by atoms with Crippen LogP contribution in [-0.4, -0.2) is 48.2 Å². The number of hydrogen-bond acceptors (Lipinski definition) is 3. The van der Waals surface area contributed by atoms with Crippen molar-refractivity contribution in [1.82, 2.24) is 10.2 Å². The van der Waals surface area contributed by atoms with E-state index in [9.17, 15) is 9.90 Å². The van der Waals surface area contributed by atoms with Gasteiger partial charge in [0.15, 0.2) is 0 Å². The lowest BCUT2D eigenvalue weighted by atomic mass is 9.99. The van der Waals surface area contributed by atoms with Gasteiger partial charge in [0, 0.05) is 19.0 Å². The molecule has 1 heterocycles. The zero-order valence-electron chi connectivity index (χ0n) is 11.6. The molecule has 1 amide bonds. The molecule has 4 heteroatoms. The molecule has 2 fully saturated rings. The van der Waals surface area contributed by atoms with Gasteiger partial charge in [0.25, 0.3) is 0 Å². The maximum Gasteiger partial charge on any atom is 0.223 e. The number of nitrogens with one attached hydrogen (secondary N) is 1. The number of β-amino-alcohol motifs (C(OH)–C–C–N with tert-alkyl or cyclic N) is 1. The predicted molar refractivity (Wildman–Crippen MR) is 71.1 cm³/mol. The number of piperidine rings is 1. The monoisotopic (exact) mass is 254 g/mol. The first-order chi connectivity index (χ1) is 8.56. The second kappa shape index (κ2) is 6.02. The molecule has 0 spiro atoms. The topological polar surface area (TPSA) is 52.6 Å². The minimum Gasteiger partial charge on any atom is -0.390 e.